The highest BCUT2D eigenvalue weighted by atomic mass is 16.5. The first-order valence-corrected chi connectivity index (χ1v) is 5.74. The number of esters is 1. The molecule has 1 aliphatic heterocycles. The number of carbonyl (C=O) groups is 2. The van der Waals surface area contributed by atoms with Gasteiger partial charge in [0, 0.05) is 5.92 Å². The van der Waals surface area contributed by atoms with Crippen LogP contribution in [0, 0.1) is 0 Å². The van der Waals surface area contributed by atoms with E-state index in [0.717, 1.165) is 6.42 Å². The van der Waals surface area contributed by atoms with Crippen molar-refractivity contribution in [2.24, 2.45) is 0 Å². The maximum absolute atomic E-state index is 11.7. The fourth-order valence-electron chi connectivity index (χ4n) is 2.17. The number of nitrogens with zero attached hydrogens (tertiary/aromatic N) is 1. The number of cyclic esters (lactones) is 1. The molecule has 1 aromatic rings. The minimum atomic E-state index is -1.18. The standard InChI is InChI=1S/C12H14N2O4/c1-3-7-6(2)18-11(15)8-4-5-9(13-10(7)8)14-12(16)17/h4-7H,3H2,1-2H3,(H,13,14)(H,16,17)/t6-,7+/m0/s1. The Kier molecular flexibility index (Phi) is 3.18. The van der Waals surface area contributed by atoms with E-state index >= 15 is 0 Å². The third kappa shape index (κ3) is 2.13. The summed E-state index contributed by atoms with van der Waals surface area (Å²) in [4.78, 5) is 26.5. The van der Waals surface area contributed by atoms with Gasteiger partial charge in [-0.05, 0) is 25.5 Å². The molecule has 0 fully saturated rings. The van der Waals surface area contributed by atoms with Crippen LogP contribution in [0.1, 0.15) is 42.2 Å². The fraction of sp³-hybridized carbons (Fsp3) is 0.417. The Bertz CT molecular complexity index is 501. The van der Waals surface area contributed by atoms with Crippen molar-refractivity contribution in [2.45, 2.75) is 32.3 Å². The molecule has 0 saturated carbocycles. The Morgan fingerprint density at radius 3 is 2.89 bits per heavy atom. The first-order chi connectivity index (χ1) is 8.52. The van der Waals surface area contributed by atoms with E-state index in [2.05, 4.69) is 10.3 Å². The molecule has 6 heteroatoms. The van der Waals surface area contributed by atoms with E-state index in [4.69, 9.17) is 9.84 Å². The van der Waals surface area contributed by atoms with Gasteiger partial charge in [0.2, 0.25) is 0 Å². The van der Waals surface area contributed by atoms with Crippen LogP contribution in [-0.2, 0) is 4.74 Å². The molecule has 0 aliphatic carbocycles. The molecule has 18 heavy (non-hydrogen) atoms. The lowest BCUT2D eigenvalue weighted by atomic mass is 9.90. The summed E-state index contributed by atoms with van der Waals surface area (Å²) in [5, 5.41) is 10.8. The van der Waals surface area contributed by atoms with E-state index in [1.165, 1.54) is 6.07 Å². The number of hydrogen-bond acceptors (Lipinski definition) is 4. The number of hydrogen-bond donors (Lipinski definition) is 2. The number of fused-ring (bicyclic) bond motifs is 1. The Morgan fingerprint density at radius 2 is 2.28 bits per heavy atom. The number of carboxylic acid groups (broad SMARTS) is 1. The van der Waals surface area contributed by atoms with Crippen LogP contribution in [0.2, 0.25) is 0 Å². The van der Waals surface area contributed by atoms with Crippen LogP contribution in [-0.4, -0.2) is 28.3 Å². The maximum Gasteiger partial charge on any atom is 0.410 e. The van der Waals surface area contributed by atoms with Crippen LogP contribution in [0.3, 0.4) is 0 Å². The lowest BCUT2D eigenvalue weighted by Gasteiger charge is -2.29. The summed E-state index contributed by atoms with van der Waals surface area (Å²) in [7, 11) is 0. The van der Waals surface area contributed by atoms with Crippen molar-refractivity contribution in [1.82, 2.24) is 4.98 Å². The second-order valence-electron chi connectivity index (χ2n) is 4.18. The topological polar surface area (TPSA) is 88.5 Å². The summed E-state index contributed by atoms with van der Waals surface area (Å²) in [5.41, 5.74) is 1.02. The number of carbonyl (C=O) groups excluding carboxylic acids is 1. The fourth-order valence-corrected chi connectivity index (χ4v) is 2.17. The van der Waals surface area contributed by atoms with E-state index < -0.39 is 12.1 Å². The van der Waals surface area contributed by atoms with Crippen molar-refractivity contribution in [2.75, 3.05) is 5.32 Å². The zero-order chi connectivity index (χ0) is 13.3. The van der Waals surface area contributed by atoms with Gasteiger partial charge in [-0.25, -0.2) is 14.6 Å². The second kappa shape index (κ2) is 4.64. The highest BCUT2D eigenvalue weighted by Gasteiger charge is 2.33. The van der Waals surface area contributed by atoms with Gasteiger partial charge in [0.15, 0.2) is 0 Å². The molecule has 6 nitrogen and oxygen atoms in total. The number of aromatic nitrogens is 1. The van der Waals surface area contributed by atoms with Crippen LogP contribution in [0.4, 0.5) is 10.6 Å². The third-order valence-corrected chi connectivity index (χ3v) is 3.03. The molecular formula is C12H14N2O4. The van der Waals surface area contributed by atoms with Gasteiger partial charge >= 0.3 is 12.1 Å². The molecule has 0 aromatic carbocycles. The highest BCUT2D eigenvalue weighted by molar-refractivity contribution is 5.92. The zero-order valence-corrected chi connectivity index (χ0v) is 10.1. The molecule has 96 valence electrons. The zero-order valence-electron chi connectivity index (χ0n) is 10.1. The van der Waals surface area contributed by atoms with Gasteiger partial charge in [0.05, 0.1) is 11.3 Å². The van der Waals surface area contributed by atoms with Gasteiger partial charge < -0.3 is 9.84 Å². The van der Waals surface area contributed by atoms with E-state index in [-0.39, 0.29) is 17.8 Å². The molecule has 1 aromatic heterocycles. The average Bonchev–Trinajstić information content (AvgIpc) is 2.28. The van der Waals surface area contributed by atoms with Crippen LogP contribution >= 0.6 is 0 Å². The quantitative estimate of drug-likeness (QED) is 0.785. The molecule has 1 amide bonds. The third-order valence-electron chi connectivity index (χ3n) is 3.03. The van der Waals surface area contributed by atoms with Crippen molar-refractivity contribution in [3.63, 3.8) is 0 Å². The van der Waals surface area contributed by atoms with Gasteiger partial charge in [-0.3, -0.25) is 5.32 Å². The molecule has 2 rings (SSSR count). The minimum Gasteiger partial charge on any atom is -0.465 e. The Morgan fingerprint density at radius 1 is 1.56 bits per heavy atom. The van der Waals surface area contributed by atoms with Crippen molar-refractivity contribution in [3.05, 3.63) is 23.4 Å². The van der Waals surface area contributed by atoms with Crippen molar-refractivity contribution < 1.29 is 19.4 Å². The summed E-state index contributed by atoms with van der Waals surface area (Å²) < 4.78 is 5.22. The molecule has 2 heterocycles. The van der Waals surface area contributed by atoms with Gasteiger partial charge in [-0.2, -0.15) is 0 Å². The van der Waals surface area contributed by atoms with Crippen LogP contribution < -0.4 is 5.32 Å². The number of amides is 1. The largest absolute Gasteiger partial charge is 0.465 e. The van der Waals surface area contributed by atoms with Gasteiger partial charge in [0.1, 0.15) is 11.9 Å². The molecular weight excluding hydrogens is 236 g/mol. The molecule has 0 saturated heterocycles. The first kappa shape index (κ1) is 12.3. The highest BCUT2D eigenvalue weighted by Crippen LogP contribution is 2.33. The molecule has 2 atom stereocenters. The van der Waals surface area contributed by atoms with Crippen LogP contribution in [0.15, 0.2) is 12.1 Å². The smallest absolute Gasteiger partial charge is 0.410 e. The molecule has 0 bridgehead atoms. The Balaban J connectivity index is 2.44. The van der Waals surface area contributed by atoms with Crippen LogP contribution in [0.5, 0.6) is 0 Å². The summed E-state index contributed by atoms with van der Waals surface area (Å²) in [6, 6.07) is 3.00. The number of anilines is 1. The minimum absolute atomic E-state index is 0.00625. The predicted molar refractivity (Wildman–Crippen MR) is 63.8 cm³/mol. The Labute approximate surface area is 104 Å². The molecule has 0 unspecified atom stereocenters. The van der Waals surface area contributed by atoms with Gasteiger partial charge in [-0.15, -0.1) is 0 Å². The van der Waals surface area contributed by atoms with Crippen molar-refractivity contribution in [1.29, 1.82) is 0 Å². The summed E-state index contributed by atoms with van der Waals surface area (Å²) in [6.45, 7) is 3.79. The summed E-state index contributed by atoms with van der Waals surface area (Å²) in [6.07, 6.45) is -0.658. The van der Waals surface area contributed by atoms with E-state index in [1.54, 1.807) is 6.07 Å². The number of ether oxygens (including phenoxy) is 1. The van der Waals surface area contributed by atoms with Gasteiger partial charge in [0.25, 0.3) is 0 Å². The van der Waals surface area contributed by atoms with E-state index in [1.807, 2.05) is 13.8 Å². The Hall–Kier alpha value is -2.11. The lowest BCUT2D eigenvalue weighted by molar-refractivity contribution is 0.0215. The second-order valence-corrected chi connectivity index (χ2v) is 4.18. The molecule has 0 spiro atoms. The lowest BCUT2D eigenvalue weighted by Crippen LogP contribution is -2.31. The maximum atomic E-state index is 11.7. The normalized spacial score (nSPS) is 22.0. The molecule has 1 aliphatic rings. The number of pyridine rings is 1. The average molecular weight is 250 g/mol. The summed E-state index contributed by atoms with van der Waals surface area (Å²) in [5.74, 6) is -0.189. The predicted octanol–water partition coefficient (Wildman–Crippen LogP) is 2.22. The van der Waals surface area contributed by atoms with Crippen molar-refractivity contribution in [3.8, 4) is 0 Å². The first-order valence-electron chi connectivity index (χ1n) is 5.74. The summed E-state index contributed by atoms with van der Waals surface area (Å²) >= 11 is 0. The van der Waals surface area contributed by atoms with E-state index in [0.29, 0.717) is 11.3 Å². The SMILES string of the molecule is CC[C@H]1c2nc(NC(=O)O)ccc2C(=O)O[C@H]1C. The number of nitrogens with one attached hydrogen (secondary N) is 1. The monoisotopic (exact) mass is 250 g/mol. The van der Waals surface area contributed by atoms with Crippen molar-refractivity contribution >= 4 is 17.9 Å². The molecule has 0 radical (unpaired) electrons. The van der Waals surface area contributed by atoms with Crippen LogP contribution in [0.25, 0.3) is 0 Å². The molecule has 2 N–H and O–H groups in total. The number of rotatable bonds is 2. The van der Waals surface area contributed by atoms with Gasteiger partial charge in [-0.1, -0.05) is 6.92 Å². The van der Waals surface area contributed by atoms with E-state index in [9.17, 15) is 9.59 Å².